The summed E-state index contributed by atoms with van der Waals surface area (Å²) in [6.07, 6.45) is 23.5. The first-order valence-corrected chi connectivity index (χ1v) is 15.3. The Hall–Kier alpha value is -0.500. The molecule has 0 saturated carbocycles. The van der Waals surface area contributed by atoms with Crippen LogP contribution in [0.25, 0.3) is 0 Å². The Balaban J connectivity index is 0.00000196. The number of carbonyl (C=O) groups is 1. The SMILES string of the molecule is CCCCCCCCCCCCCCCCCC(=O)NCCCC1CNCCO1.O=P(O)(O)O. The molecular formula is C25H53N2O6P. The monoisotopic (exact) mass is 508 g/mol. The van der Waals surface area contributed by atoms with Gasteiger partial charge >= 0.3 is 7.82 Å². The predicted octanol–water partition coefficient (Wildman–Crippen LogP) is 5.20. The van der Waals surface area contributed by atoms with E-state index in [2.05, 4.69) is 17.6 Å². The largest absolute Gasteiger partial charge is 0.466 e. The van der Waals surface area contributed by atoms with Crippen LogP contribution in [-0.4, -0.2) is 52.9 Å². The lowest BCUT2D eigenvalue weighted by molar-refractivity contribution is -0.121. The first-order valence-electron chi connectivity index (χ1n) is 13.7. The molecule has 9 heteroatoms. The average Bonchev–Trinajstić information content (AvgIpc) is 2.79. The minimum Gasteiger partial charge on any atom is -0.376 e. The molecule has 0 aliphatic carbocycles. The van der Waals surface area contributed by atoms with Crippen molar-refractivity contribution in [2.75, 3.05) is 26.2 Å². The summed E-state index contributed by atoms with van der Waals surface area (Å²) in [5.74, 6) is 0.224. The standard InChI is InChI=1S/C25H50N2O2.H3O4P/c1-2-3-4-5-6-7-8-9-10-11-12-13-14-15-16-19-25(28)27-20-17-18-24-23-26-21-22-29-24;1-5(2,3)4/h24,26H,2-23H2,1H3,(H,27,28);(H3,1,2,3,4). The molecule has 34 heavy (non-hydrogen) atoms. The van der Waals surface area contributed by atoms with Crippen LogP contribution in [0, 0.1) is 0 Å². The Bertz CT molecular complexity index is 490. The Morgan fingerprint density at radius 1 is 0.853 bits per heavy atom. The lowest BCUT2D eigenvalue weighted by atomic mass is 10.0. The number of ether oxygens (including phenoxy) is 1. The molecule has 0 aromatic carbocycles. The van der Waals surface area contributed by atoms with E-state index in [0.29, 0.717) is 12.5 Å². The third kappa shape index (κ3) is 29.5. The second-order valence-electron chi connectivity index (χ2n) is 9.40. The Kier molecular flexibility index (Phi) is 23.8. The second kappa shape index (κ2) is 24.2. The molecule has 0 spiro atoms. The van der Waals surface area contributed by atoms with Crippen molar-refractivity contribution in [3.8, 4) is 0 Å². The van der Waals surface area contributed by atoms with Gasteiger partial charge in [0.15, 0.2) is 0 Å². The summed E-state index contributed by atoms with van der Waals surface area (Å²) in [7, 11) is -4.64. The molecule has 8 nitrogen and oxygen atoms in total. The molecule has 1 saturated heterocycles. The quantitative estimate of drug-likeness (QED) is 0.113. The number of phosphoric acid groups is 1. The van der Waals surface area contributed by atoms with Crippen LogP contribution in [0.4, 0.5) is 0 Å². The zero-order chi connectivity index (χ0) is 25.3. The molecule has 1 unspecified atom stereocenters. The maximum Gasteiger partial charge on any atom is 0.466 e. The maximum absolute atomic E-state index is 11.9. The number of amides is 1. The van der Waals surface area contributed by atoms with Gasteiger partial charge in [-0.25, -0.2) is 4.57 Å². The first kappa shape index (κ1) is 33.5. The number of carbonyl (C=O) groups excluding carboxylic acids is 1. The average molecular weight is 509 g/mol. The highest BCUT2D eigenvalue weighted by Crippen LogP contribution is 2.25. The Morgan fingerprint density at radius 2 is 1.32 bits per heavy atom. The summed E-state index contributed by atoms with van der Waals surface area (Å²) < 4.78 is 14.6. The van der Waals surface area contributed by atoms with Crippen molar-refractivity contribution in [1.82, 2.24) is 10.6 Å². The minimum atomic E-state index is -4.64. The van der Waals surface area contributed by atoms with Crippen LogP contribution in [0.5, 0.6) is 0 Å². The molecule has 204 valence electrons. The molecule has 1 amide bonds. The van der Waals surface area contributed by atoms with Gasteiger partial charge in [-0.05, 0) is 19.3 Å². The van der Waals surface area contributed by atoms with Crippen LogP contribution in [-0.2, 0) is 14.1 Å². The van der Waals surface area contributed by atoms with E-state index in [9.17, 15) is 4.79 Å². The van der Waals surface area contributed by atoms with Crippen molar-refractivity contribution < 1.29 is 28.8 Å². The summed E-state index contributed by atoms with van der Waals surface area (Å²) in [5, 5.41) is 6.40. The smallest absolute Gasteiger partial charge is 0.376 e. The van der Waals surface area contributed by atoms with Crippen molar-refractivity contribution in [2.24, 2.45) is 0 Å². The molecule has 0 bridgehead atoms. The lowest BCUT2D eigenvalue weighted by Gasteiger charge is -2.23. The Labute approximate surface area is 208 Å². The van der Waals surface area contributed by atoms with Gasteiger partial charge in [0, 0.05) is 26.1 Å². The molecule has 5 N–H and O–H groups in total. The zero-order valence-corrected chi connectivity index (χ0v) is 22.5. The fraction of sp³-hybridized carbons (Fsp3) is 0.960. The fourth-order valence-corrected chi connectivity index (χ4v) is 4.11. The number of hydrogen-bond acceptors (Lipinski definition) is 4. The lowest BCUT2D eigenvalue weighted by Crippen LogP contribution is -2.38. The first-order chi connectivity index (χ1) is 16.3. The highest BCUT2D eigenvalue weighted by molar-refractivity contribution is 7.45. The summed E-state index contributed by atoms with van der Waals surface area (Å²) in [6.45, 7) is 5.80. The number of hydrogen-bond donors (Lipinski definition) is 5. The van der Waals surface area contributed by atoms with Gasteiger partial charge in [0.2, 0.25) is 5.91 Å². The molecule has 1 heterocycles. The van der Waals surface area contributed by atoms with E-state index in [0.717, 1.165) is 45.5 Å². The predicted molar refractivity (Wildman–Crippen MR) is 139 cm³/mol. The van der Waals surface area contributed by atoms with Crippen LogP contribution in [0.3, 0.4) is 0 Å². The summed E-state index contributed by atoms with van der Waals surface area (Å²) >= 11 is 0. The third-order valence-electron chi connectivity index (χ3n) is 6.04. The molecule has 1 fully saturated rings. The molecule has 0 radical (unpaired) electrons. The second-order valence-corrected chi connectivity index (χ2v) is 10.4. The molecule has 1 rings (SSSR count). The maximum atomic E-state index is 11.9. The van der Waals surface area contributed by atoms with Crippen LogP contribution in [0.2, 0.25) is 0 Å². The van der Waals surface area contributed by atoms with Crippen molar-refractivity contribution in [2.45, 2.75) is 129 Å². The molecule has 0 aromatic rings. The van der Waals surface area contributed by atoms with E-state index in [4.69, 9.17) is 24.0 Å². The molecule has 0 aromatic heterocycles. The number of nitrogens with one attached hydrogen (secondary N) is 2. The van der Waals surface area contributed by atoms with E-state index >= 15 is 0 Å². The summed E-state index contributed by atoms with van der Waals surface area (Å²) in [6, 6.07) is 0. The van der Waals surface area contributed by atoms with Crippen molar-refractivity contribution >= 4 is 13.7 Å². The van der Waals surface area contributed by atoms with E-state index < -0.39 is 7.82 Å². The highest BCUT2D eigenvalue weighted by Gasteiger charge is 2.12. The van der Waals surface area contributed by atoms with Gasteiger partial charge in [-0.3, -0.25) is 4.79 Å². The van der Waals surface area contributed by atoms with E-state index in [1.807, 2.05) is 0 Å². The summed E-state index contributed by atoms with van der Waals surface area (Å²) in [4.78, 5) is 33.4. The van der Waals surface area contributed by atoms with E-state index in [1.165, 1.54) is 89.9 Å². The van der Waals surface area contributed by atoms with Gasteiger partial charge in [-0.15, -0.1) is 0 Å². The molecule has 1 aliphatic heterocycles. The zero-order valence-electron chi connectivity index (χ0n) is 21.6. The normalized spacial score (nSPS) is 16.1. The van der Waals surface area contributed by atoms with Gasteiger partial charge in [0.1, 0.15) is 0 Å². The topological polar surface area (TPSA) is 128 Å². The van der Waals surface area contributed by atoms with E-state index in [-0.39, 0.29) is 5.91 Å². The number of morpholine rings is 1. The molecular weight excluding hydrogens is 455 g/mol. The van der Waals surface area contributed by atoms with Gasteiger partial charge in [-0.1, -0.05) is 96.8 Å². The molecule has 1 aliphatic rings. The van der Waals surface area contributed by atoms with Gasteiger partial charge < -0.3 is 30.1 Å². The van der Waals surface area contributed by atoms with Gasteiger partial charge in [0.25, 0.3) is 0 Å². The Morgan fingerprint density at radius 3 is 1.76 bits per heavy atom. The highest BCUT2D eigenvalue weighted by atomic mass is 31.2. The molecule has 1 atom stereocenters. The van der Waals surface area contributed by atoms with Gasteiger partial charge in [-0.2, -0.15) is 0 Å². The van der Waals surface area contributed by atoms with E-state index in [1.54, 1.807) is 0 Å². The minimum absolute atomic E-state index is 0.224. The third-order valence-corrected chi connectivity index (χ3v) is 6.04. The van der Waals surface area contributed by atoms with Crippen molar-refractivity contribution in [1.29, 1.82) is 0 Å². The van der Waals surface area contributed by atoms with Crippen molar-refractivity contribution in [3.05, 3.63) is 0 Å². The van der Waals surface area contributed by atoms with Crippen LogP contribution >= 0.6 is 7.82 Å². The number of unbranched alkanes of at least 4 members (excludes halogenated alkanes) is 14. The van der Waals surface area contributed by atoms with Crippen LogP contribution < -0.4 is 10.6 Å². The fourth-order valence-electron chi connectivity index (χ4n) is 4.11. The number of rotatable bonds is 20. The van der Waals surface area contributed by atoms with Gasteiger partial charge in [0.05, 0.1) is 12.7 Å². The van der Waals surface area contributed by atoms with Crippen LogP contribution in [0.15, 0.2) is 0 Å². The summed E-state index contributed by atoms with van der Waals surface area (Å²) in [5.41, 5.74) is 0. The van der Waals surface area contributed by atoms with Crippen molar-refractivity contribution in [3.63, 3.8) is 0 Å². The van der Waals surface area contributed by atoms with Crippen LogP contribution in [0.1, 0.15) is 122 Å².